The van der Waals surface area contributed by atoms with E-state index in [1.165, 1.54) is 10.5 Å². The molecule has 2 aliphatic rings. The van der Waals surface area contributed by atoms with E-state index in [4.69, 9.17) is 14.7 Å². The maximum absolute atomic E-state index is 9.88. The molecule has 0 atom stereocenters. The Labute approximate surface area is 166 Å². The van der Waals surface area contributed by atoms with Crippen molar-refractivity contribution in [3.63, 3.8) is 0 Å². The van der Waals surface area contributed by atoms with Crippen LogP contribution in [0.4, 0.5) is 5.82 Å². The lowest BCUT2D eigenvalue weighted by molar-refractivity contribution is 0.122. The van der Waals surface area contributed by atoms with Gasteiger partial charge in [-0.1, -0.05) is 12.1 Å². The van der Waals surface area contributed by atoms with E-state index in [1.54, 1.807) is 23.5 Å². The smallest absolute Gasteiger partial charge is 0.162 e. The highest BCUT2D eigenvalue weighted by molar-refractivity contribution is 7.20. The van der Waals surface area contributed by atoms with Gasteiger partial charge in [-0.15, -0.1) is 11.3 Å². The number of morpholine rings is 1. The SMILES string of the molecule is Oc1cccc(-c2nc(N3CCOCC3)c3sc(C4=CC=NCC4)cc3n2)c1. The third-order valence-electron chi connectivity index (χ3n) is 4.98. The van der Waals surface area contributed by atoms with Gasteiger partial charge in [-0.25, -0.2) is 9.97 Å². The molecule has 4 heterocycles. The number of rotatable bonds is 3. The molecule has 1 saturated heterocycles. The number of aliphatic imine (C=N–C) groups is 1. The first-order valence-electron chi connectivity index (χ1n) is 9.41. The number of phenolic OH excluding ortho intramolecular Hbond substituents is 1. The number of phenols is 1. The summed E-state index contributed by atoms with van der Waals surface area (Å²) in [4.78, 5) is 17.5. The third kappa shape index (κ3) is 3.27. The van der Waals surface area contributed by atoms with Gasteiger partial charge in [0.1, 0.15) is 5.75 Å². The van der Waals surface area contributed by atoms with Crippen LogP contribution in [0.5, 0.6) is 5.75 Å². The highest BCUT2D eigenvalue weighted by Crippen LogP contribution is 2.38. The molecule has 142 valence electrons. The second kappa shape index (κ2) is 7.33. The molecule has 2 aliphatic heterocycles. The van der Waals surface area contributed by atoms with Gasteiger partial charge in [0.25, 0.3) is 0 Å². The van der Waals surface area contributed by atoms with Crippen LogP contribution in [0.25, 0.3) is 27.2 Å². The van der Waals surface area contributed by atoms with Crippen molar-refractivity contribution in [3.8, 4) is 17.1 Å². The van der Waals surface area contributed by atoms with E-state index in [1.807, 2.05) is 18.3 Å². The van der Waals surface area contributed by atoms with Crippen molar-refractivity contribution < 1.29 is 9.84 Å². The van der Waals surface area contributed by atoms with E-state index in [2.05, 4.69) is 22.0 Å². The molecule has 3 aromatic rings. The molecule has 1 aromatic carbocycles. The predicted octanol–water partition coefficient (Wildman–Crippen LogP) is 3.76. The first kappa shape index (κ1) is 17.3. The van der Waals surface area contributed by atoms with Crippen LogP contribution < -0.4 is 4.90 Å². The Balaban J connectivity index is 1.67. The summed E-state index contributed by atoms with van der Waals surface area (Å²) in [7, 11) is 0. The van der Waals surface area contributed by atoms with Crippen molar-refractivity contribution in [2.24, 2.45) is 4.99 Å². The number of nitrogens with zero attached hydrogens (tertiary/aromatic N) is 4. The Bertz CT molecular complexity index is 1080. The van der Waals surface area contributed by atoms with Crippen LogP contribution in [-0.2, 0) is 4.74 Å². The second-order valence-corrected chi connectivity index (χ2v) is 7.89. The van der Waals surface area contributed by atoms with Crippen molar-refractivity contribution >= 4 is 39.2 Å². The number of anilines is 1. The van der Waals surface area contributed by atoms with Gasteiger partial charge in [-0.05, 0) is 36.3 Å². The lowest BCUT2D eigenvalue weighted by atomic mass is 10.1. The zero-order valence-electron chi connectivity index (χ0n) is 15.3. The van der Waals surface area contributed by atoms with Crippen LogP contribution in [0.15, 0.2) is 41.4 Å². The van der Waals surface area contributed by atoms with Crippen molar-refractivity contribution in [1.29, 1.82) is 0 Å². The molecule has 0 radical (unpaired) electrons. The molecule has 1 fully saturated rings. The summed E-state index contributed by atoms with van der Waals surface area (Å²) in [5.41, 5.74) is 3.05. The van der Waals surface area contributed by atoms with Gasteiger partial charge >= 0.3 is 0 Å². The number of benzene rings is 1. The highest BCUT2D eigenvalue weighted by Gasteiger charge is 2.21. The number of thiophene rings is 1. The van der Waals surface area contributed by atoms with Gasteiger partial charge in [0.15, 0.2) is 11.6 Å². The minimum atomic E-state index is 0.215. The molecule has 5 rings (SSSR count). The number of allylic oxidation sites excluding steroid dienone is 1. The molecule has 28 heavy (non-hydrogen) atoms. The average molecular weight is 392 g/mol. The maximum Gasteiger partial charge on any atom is 0.162 e. The largest absolute Gasteiger partial charge is 0.508 e. The average Bonchev–Trinajstić information content (AvgIpc) is 3.19. The molecular formula is C21H20N4O2S. The van der Waals surface area contributed by atoms with E-state index in [0.29, 0.717) is 19.0 Å². The summed E-state index contributed by atoms with van der Waals surface area (Å²) in [6.07, 6.45) is 4.92. The molecule has 0 aliphatic carbocycles. The van der Waals surface area contributed by atoms with Gasteiger partial charge in [0.05, 0.1) is 23.4 Å². The molecule has 0 spiro atoms. The number of ether oxygens (including phenoxy) is 1. The van der Waals surface area contributed by atoms with Crippen molar-refractivity contribution in [3.05, 3.63) is 41.3 Å². The summed E-state index contributed by atoms with van der Waals surface area (Å²) in [6.45, 7) is 3.86. The summed E-state index contributed by atoms with van der Waals surface area (Å²) >= 11 is 1.74. The van der Waals surface area contributed by atoms with Crippen LogP contribution in [0.1, 0.15) is 11.3 Å². The quantitative estimate of drug-likeness (QED) is 0.735. The van der Waals surface area contributed by atoms with Crippen LogP contribution in [-0.4, -0.2) is 54.1 Å². The number of aromatic hydroxyl groups is 1. The van der Waals surface area contributed by atoms with E-state index < -0.39 is 0 Å². The predicted molar refractivity (Wildman–Crippen MR) is 114 cm³/mol. The fourth-order valence-electron chi connectivity index (χ4n) is 3.53. The van der Waals surface area contributed by atoms with Crippen molar-refractivity contribution in [2.75, 3.05) is 37.7 Å². The monoisotopic (exact) mass is 392 g/mol. The number of hydrogen-bond donors (Lipinski definition) is 1. The second-order valence-electron chi connectivity index (χ2n) is 6.84. The van der Waals surface area contributed by atoms with E-state index in [0.717, 1.165) is 47.7 Å². The van der Waals surface area contributed by atoms with Crippen LogP contribution in [0.3, 0.4) is 0 Å². The van der Waals surface area contributed by atoms with Gasteiger partial charge in [0, 0.05) is 36.3 Å². The van der Waals surface area contributed by atoms with Crippen LogP contribution >= 0.6 is 11.3 Å². The standard InChI is InChI=1S/C21H20N4O2S/c26-16-3-1-2-15(12-16)20-23-17-13-18(14-4-6-22-7-5-14)28-19(17)21(24-20)25-8-10-27-11-9-25/h1-4,6,12-13,26H,5,7-11H2. The normalized spacial score (nSPS) is 17.1. The zero-order valence-corrected chi connectivity index (χ0v) is 16.2. The molecule has 7 heteroatoms. The van der Waals surface area contributed by atoms with E-state index in [-0.39, 0.29) is 5.75 Å². The molecule has 0 amide bonds. The summed E-state index contributed by atoms with van der Waals surface area (Å²) in [5.74, 6) is 1.80. The molecular weight excluding hydrogens is 372 g/mol. The van der Waals surface area contributed by atoms with Gasteiger partial charge < -0.3 is 14.7 Å². The summed E-state index contributed by atoms with van der Waals surface area (Å²) < 4.78 is 6.63. The van der Waals surface area contributed by atoms with Crippen LogP contribution in [0, 0.1) is 0 Å². The number of fused-ring (bicyclic) bond motifs is 1. The Kier molecular flexibility index (Phi) is 4.54. The first-order valence-corrected chi connectivity index (χ1v) is 10.2. The minimum Gasteiger partial charge on any atom is -0.508 e. The number of aromatic nitrogens is 2. The Morgan fingerprint density at radius 1 is 1.11 bits per heavy atom. The number of dihydropyridines is 1. The van der Waals surface area contributed by atoms with Crippen molar-refractivity contribution in [2.45, 2.75) is 6.42 Å². The molecule has 6 nitrogen and oxygen atoms in total. The van der Waals surface area contributed by atoms with Gasteiger partial charge in [0.2, 0.25) is 0 Å². The molecule has 0 unspecified atom stereocenters. The fourth-order valence-corrected chi connectivity index (χ4v) is 4.69. The topological polar surface area (TPSA) is 70.8 Å². The minimum absolute atomic E-state index is 0.215. The lowest BCUT2D eigenvalue weighted by Crippen LogP contribution is -2.36. The van der Waals surface area contributed by atoms with E-state index >= 15 is 0 Å². The van der Waals surface area contributed by atoms with Gasteiger partial charge in [-0.2, -0.15) is 0 Å². The van der Waals surface area contributed by atoms with E-state index in [9.17, 15) is 5.11 Å². The molecule has 0 saturated carbocycles. The van der Waals surface area contributed by atoms with Crippen molar-refractivity contribution in [1.82, 2.24) is 9.97 Å². The first-order chi connectivity index (χ1) is 13.8. The summed E-state index contributed by atoms with van der Waals surface area (Å²) in [6, 6.07) is 9.26. The molecule has 1 N–H and O–H groups in total. The molecule has 0 bridgehead atoms. The Hall–Kier alpha value is -2.77. The molecule has 2 aromatic heterocycles. The fraction of sp³-hybridized carbons (Fsp3) is 0.286. The Morgan fingerprint density at radius 3 is 2.79 bits per heavy atom. The maximum atomic E-state index is 9.88. The zero-order chi connectivity index (χ0) is 18.9. The number of hydrogen-bond acceptors (Lipinski definition) is 7. The van der Waals surface area contributed by atoms with Crippen LogP contribution in [0.2, 0.25) is 0 Å². The lowest BCUT2D eigenvalue weighted by Gasteiger charge is -2.28. The third-order valence-corrected chi connectivity index (χ3v) is 6.17. The summed E-state index contributed by atoms with van der Waals surface area (Å²) in [5, 5.41) is 9.88. The highest BCUT2D eigenvalue weighted by atomic mass is 32.1. The van der Waals surface area contributed by atoms with Gasteiger partial charge in [-0.3, -0.25) is 4.99 Å². The Morgan fingerprint density at radius 2 is 2.00 bits per heavy atom.